The summed E-state index contributed by atoms with van der Waals surface area (Å²) in [6, 6.07) is -0.00252. The van der Waals surface area contributed by atoms with Gasteiger partial charge in [-0.15, -0.1) is 0 Å². The zero-order valence-electron chi connectivity index (χ0n) is 10.2. The molecule has 94 valence electrons. The standard InChI is InChI=1S/C12H24N2O2/c1-2-5-10(13)8-12(15)14-9-11-6-3-4-7-16-11/h10-11H,2-9,13H2,1H3,(H,14,15). The summed E-state index contributed by atoms with van der Waals surface area (Å²) in [7, 11) is 0. The van der Waals surface area contributed by atoms with Crippen molar-refractivity contribution in [3.63, 3.8) is 0 Å². The minimum atomic E-state index is -0.00252. The maximum atomic E-state index is 11.5. The summed E-state index contributed by atoms with van der Waals surface area (Å²) in [6.45, 7) is 3.54. The molecule has 1 aliphatic heterocycles. The summed E-state index contributed by atoms with van der Waals surface area (Å²) in [5, 5.41) is 2.90. The lowest BCUT2D eigenvalue weighted by atomic mass is 10.1. The third-order valence-corrected chi connectivity index (χ3v) is 2.91. The Hall–Kier alpha value is -0.610. The molecule has 3 N–H and O–H groups in total. The number of hydrogen-bond acceptors (Lipinski definition) is 3. The van der Waals surface area contributed by atoms with Crippen LogP contribution >= 0.6 is 0 Å². The number of hydrogen-bond donors (Lipinski definition) is 2. The van der Waals surface area contributed by atoms with Gasteiger partial charge in [0.05, 0.1) is 6.10 Å². The van der Waals surface area contributed by atoms with Crippen molar-refractivity contribution < 1.29 is 9.53 Å². The van der Waals surface area contributed by atoms with Crippen molar-refractivity contribution in [1.29, 1.82) is 0 Å². The number of carbonyl (C=O) groups is 1. The zero-order valence-corrected chi connectivity index (χ0v) is 10.2. The van der Waals surface area contributed by atoms with E-state index in [2.05, 4.69) is 12.2 Å². The van der Waals surface area contributed by atoms with Crippen LogP contribution in [0.3, 0.4) is 0 Å². The number of amides is 1. The van der Waals surface area contributed by atoms with E-state index in [0.717, 1.165) is 32.3 Å². The van der Waals surface area contributed by atoms with Crippen LogP contribution in [0.4, 0.5) is 0 Å². The van der Waals surface area contributed by atoms with Crippen LogP contribution < -0.4 is 11.1 Å². The summed E-state index contributed by atoms with van der Waals surface area (Å²) >= 11 is 0. The molecule has 0 spiro atoms. The van der Waals surface area contributed by atoms with Crippen LogP contribution in [0.1, 0.15) is 45.4 Å². The summed E-state index contributed by atoms with van der Waals surface area (Å²) in [5.41, 5.74) is 5.80. The summed E-state index contributed by atoms with van der Waals surface area (Å²) in [6.07, 6.45) is 5.98. The van der Waals surface area contributed by atoms with Gasteiger partial charge >= 0.3 is 0 Å². The Bertz CT molecular complexity index is 203. The molecule has 4 heteroatoms. The molecule has 1 fully saturated rings. The van der Waals surface area contributed by atoms with Gasteiger partial charge in [-0.2, -0.15) is 0 Å². The highest BCUT2D eigenvalue weighted by Crippen LogP contribution is 2.11. The van der Waals surface area contributed by atoms with Crippen molar-refractivity contribution in [2.45, 2.75) is 57.6 Å². The van der Waals surface area contributed by atoms with Gasteiger partial charge in [0.25, 0.3) is 0 Å². The van der Waals surface area contributed by atoms with Gasteiger partial charge in [0.15, 0.2) is 0 Å². The van der Waals surface area contributed by atoms with Crippen molar-refractivity contribution in [1.82, 2.24) is 5.32 Å². The molecule has 0 aromatic rings. The van der Waals surface area contributed by atoms with Crippen LogP contribution in [-0.2, 0) is 9.53 Å². The fourth-order valence-corrected chi connectivity index (χ4v) is 1.98. The highest BCUT2D eigenvalue weighted by atomic mass is 16.5. The summed E-state index contributed by atoms with van der Waals surface area (Å²) in [4.78, 5) is 11.5. The fraction of sp³-hybridized carbons (Fsp3) is 0.917. The van der Waals surface area contributed by atoms with Crippen molar-refractivity contribution in [3.05, 3.63) is 0 Å². The van der Waals surface area contributed by atoms with Crippen LogP contribution in [0.2, 0.25) is 0 Å². The molecule has 2 atom stereocenters. The number of rotatable bonds is 6. The highest BCUT2D eigenvalue weighted by molar-refractivity contribution is 5.76. The van der Waals surface area contributed by atoms with Gasteiger partial charge in [0.1, 0.15) is 0 Å². The van der Waals surface area contributed by atoms with Crippen LogP contribution in [0, 0.1) is 0 Å². The SMILES string of the molecule is CCCC(N)CC(=O)NCC1CCCCO1. The first-order chi connectivity index (χ1) is 7.72. The molecule has 1 heterocycles. The molecule has 0 radical (unpaired) electrons. The van der Waals surface area contributed by atoms with E-state index in [4.69, 9.17) is 10.5 Å². The largest absolute Gasteiger partial charge is 0.376 e. The summed E-state index contributed by atoms with van der Waals surface area (Å²) in [5.74, 6) is 0.0510. The lowest BCUT2D eigenvalue weighted by Gasteiger charge is -2.23. The van der Waals surface area contributed by atoms with Crippen molar-refractivity contribution in [2.75, 3.05) is 13.2 Å². The molecule has 0 bridgehead atoms. The molecular formula is C12H24N2O2. The number of nitrogens with two attached hydrogens (primary N) is 1. The van der Waals surface area contributed by atoms with E-state index in [0.29, 0.717) is 13.0 Å². The molecule has 1 aliphatic rings. The quantitative estimate of drug-likeness (QED) is 0.717. The highest BCUT2D eigenvalue weighted by Gasteiger charge is 2.15. The number of nitrogens with one attached hydrogen (secondary N) is 1. The maximum Gasteiger partial charge on any atom is 0.221 e. The van der Waals surface area contributed by atoms with Gasteiger partial charge in [-0.25, -0.2) is 0 Å². The Balaban J connectivity index is 2.09. The Kier molecular flexibility index (Phi) is 6.42. The molecule has 16 heavy (non-hydrogen) atoms. The second-order valence-electron chi connectivity index (χ2n) is 4.55. The van der Waals surface area contributed by atoms with E-state index >= 15 is 0 Å². The van der Waals surface area contributed by atoms with Gasteiger partial charge in [-0.05, 0) is 25.7 Å². The van der Waals surface area contributed by atoms with E-state index < -0.39 is 0 Å². The van der Waals surface area contributed by atoms with Crippen LogP contribution in [-0.4, -0.2) is 31.2 Å². The molecule has 0 aromatic heterocycles. The second kappa shape index (κ2) is 7.63. The first-order valence-corrected chi connectivity index (χ1v) is 6.36. The smallest absolute Gasteiger partial charge is 0.221 e. The predicted octanol–water partition coefficient (Wildman–Crippen LogP) is 1.19. The number of ether oxygens (including phenoxy) is 1. The maximum absolute atomic E-state index is 11.5. The molecular weight excluding hydrogens is 204 g/mol. The lowest BCUT2D eigenvalue weighted by molar-refractivity contribution is -0.122. The minimum Gasteiger partial charge on any atom is -0.376 e. The molecule has 0 aliphatic carbocycles. The van der Waals surface area contributed by atoms with E-state index in [9.17, 15) is 4.79 Å². The zero-order chi connectivity index (χ0) is 11.8. The van der Waals surface area contributed by atoms with Crippen molar-refractivity contribution in [3.8, 4) is 0 Å². The van der Waals surface area contributed by atoms with Crippen LogP contribution in [0.5, 0.6) is 0 Å². The van der Waals surface area contributed by atoms with Gasteiger partial charge in [-0.3, -0.25) is 4.79 Å². The Morgan fingerprint density at radius 1 is 1.56 bits per heavy atom. The topological polar surface area (TPSA) is 64.4 Å². The monoisotopic (exact) mass is 228 g/mol. The van der Waals surface area contributed by atoms with Gasteiger partial charge in [-0.1, -0.05) is 13.3 Å². The van der Waals surface area contributed by atoms with E-state index in [-0.39, 0.29) is 18.1 Å². The third-order valence-electron chi connectivity index (χ3n) is 2.91. The van der Waals surface area contributed by atoms with Gasteiger partial charge in [0.2, 0.25) is 5.91 Å². The fourth-order valence-electron chi connectivity index (χ4n) is 1.98. The van der Waals surface area contributed by atoms with Crippen LogP contribution in [0.25, 0.3) is 0 Å². The van der Waals surface area contributed by atoms with E-state index in [1.807, 2.05) is 0 Å². The normalized spacial score (nSPS) is 22.8. The van der Waals surface area contributed by atoms with Gasteiger partial charge < -0.3 is 15.8 Å². The predicted molar refractivity (Wildman–Crippen MR) is 64.1 cm³/mol. The molecule has 1 rings (SSSR count). The Labute approximate surface area is 97.9 Å². The first kappa shape index (κ1) is 13.5. The van der Waals surface area contributed by atoms with Crippen molar-refractivity contribution >= 4 is 5.91 Å². The molecule has 4 nitrogen and oxygen atoms in total. The average molecular weight is 228 g/mol. The van der Waals surface area contributed by atoms with Crippen molar-refractivity contribution in [2.24, 2.45) is 5.73 Å². The molecule has 1 saturated heterocycles. The average Bonchev–Trinajstić information content (AvgIpc) is 2.28. The Morgan fingerprint density at radius 3 is 3.00 bits per heavy atom. The second-order valence-corrected chi connectivity index (χ2v) is 4.55. The summed E-state index contributed by atoms with van der Waals surface area (Å²) < 4.78 is 5.53. The van der Waals surface area contributed by atoms with Crippen LogP contribution in [0.15, 0.2) is 0 Å². The van der Waals surface area contributed by atoms with E-state index in [1.165, 1.54) is 6.42 Å². The molecule has 1 amide bonds. The van der Waals surface area contributed by atoms with E-state index in [1.54, 1.807) is 0 Å². The third kappa shape index (κ3) is 5.47. The molecule has 0 aromatic carbocycles. The first-order valence-electron chi connectivity index (χ1n) is 6.36. The Morgan fingerprint density at radius 2 is 2.38 bits per heavy atom. The molecule has 2 unspecified atom stereocenters. The minimum absolute atomic E-state index is 0.00252. The molecule has 0 saturated carbocycles. The number of carbonyl (C=O) groups excluding carboxylic acids is 1. The van der Waals surface area contributed by atoms with Gasteiger partial charge in [0, 0.05) is 25.6 Å². The lowest BCUT2D eigenvalue weighted by Crippen LogP contribution is -2.38.